The highest BCUT2D eigenvalue weighted by molar-refractivity contribution is 5.86. The Morgan fingerprint density at radius 1 is 1.18 bits per heavy atom. The Labute approximate surface area is 126 Å². The number of benzene rings is 1. The van der Waals surface area contributed by atoms with Crippen molar-refractivity contribution in [1.29, 1.82) is 0 Å². The molecule has 0 aliphatic rings. The van der Waals surface area contributed by atoms with Crippen LogP contribution in [0.2, 0.25) is 0 Å². The molecule has 2 heterocycles. The van der Waals surface area contributed by atoms with Crippen molar-refractivity contribution >= 4 is 5.97 Å². The van der Waals surface area contributed by atoms with Crippen molar-refractivity contribution in [3.63, 3.8) is 0 Å². The van der Waals surface area contributed by atoms with Crippen molar-refractivity contribution in [2.75, 3.05) is 7.11 Å². The molecule has 0 saturated carbocycles. The van der Waals surface area contributed by atoms with E-state index in [0.29, 0.717) is 5.82 Å². The SMILES string of the molecule is COc1cccc(-c2ccc(-n3cc(C(=O)O)cn3)nc2)c1. The number of aromatic carboxylic acids is 1. The topological polar surface area (TPSA) is 77.2 Å². The molecule has 0 radical (unpaired) electrons. The van der Waals surface area contributed by atoms with Crippen molar-refractivity contribution in [1.82, 2.24) is 14.8 Å². The summed E-state index contributed by atoms with van der Waals surface area (Å²) in [4.78, 5) is 15.2. The molecular weight excluding hydrogens is 282 g/mol. The summed E-state index contributed by atoms with van der Waals surface area (Å²) in [5, 5.41) is 12.9. The first-order valence-corrected chi connectivity index (χ1v) is 6.56. The summed E-state index contributed by atoms with van der Waals surface area (Å²) in [6.45, 7) is 0. The molecule has 0 spiro atoms. The summed E-state index contributed by atoms with van der Waals surface area (Å²) in [5.41, 5.74) is 2.05. The van der Waals surface area contributed by atoms with Crippen LogP contribution in [0.3, 0.4) is 0 Å². The third-order valence-electron chi connectivity index (χ3n) is 3.22. The molecule has 6 nitrogen and oxygen atoms in total. The number of carboxylic acids is 1. The van der Waals surface area contributed by atoms with Gasteiger partial charge in [-0.2, -0.15) is 5.10 Å². The fourth-order valence-electron chi connectivity index (χ4n) is 2.05. The van der Waals surface area contributed by atoms with Crippen molar-refractivity contribution < 1.29 is 14.6 Å². The summed E-state index contributed by atoms with van der Waals surface area (Å²) in [6, 6.07) is 11.4. The van der Waals surface area contributed by atoms with Crippen molar-refractivity contribution in [3.05, 3.63) is 60.6 Å². The third kappa shape index (κ3) is 2.67. The predicted octanol–water partition coefficient (Wildman–Crippen LogP) is 2.64. The lowest BCUT2D eigenvalue weighted by Gasteiger charge is -2.05. The Morgan fingerprint density at radius 3 is 2.68 bits per heavy atom. The monoisotopic (exact) mass is 295 g/mol. The lowest BCUT2D eigenvalue weighted by Crippen LogP contribution is -1.98. The lowest BCUT2D eigenvalue weighted by atomic mass is 10.1. The van der Waals surface area contributed by atoms with Crippen LogP contribution < -0.4 is 4.74 Å². The molecule has 0 atom stereocenters. The molecule has 22 heavy (non-hydrogen) atoms. The van der Waals surface area contributed by atoms with Crippen LogP contribution in [0.4, 0.5) is 0 Å². The number of ether oxygens (including phenoxy) is 1. The van der Waals surface area contributed by atoms with Crippen molar-refractivity contribution in [2.45, 2.75) is 0 Å². The van der Waals surface area contributed by atoms with Gasteiger partial charge in [0.15, 0.2) is 5.82 Å². The summed E-state index contributed by atoms with van der Waals surface area (Å²) in [5.74, 6) is 0.318. The summed E-state index contributed by atoms with van der Waals surface area (Å²) in [6.07, 6.45) is 4.43. The van der Waals surface area contributed by atoms with E-state index >= 15 is 0 Å². The van der Waals surface area contributed by atoms with Crippen LogP contribution in [-0.4, -0.2) is 33.0 Å². The molecule has 110 valence electrons. The quantitative estimate of drug-likeness (QED) is 0.800. The van der Waals surface area contributed by atoms with Gasteiger partial charge in [0.05, 0.1) is 18.9 Å². The molecule has 3 aromatic rings. The van der Waals surface area contributed by atoms with Gasteiger partial charge in [-0.05, 0) is 29.8 Å². The number of aromatic nitrogens is 3. The van der Waals surface area contributed by atoms with E-state index in [0.717, 1.165) is 16.9 Å². The third-order valence-corrected chi connectivity index (χ3v) is 3.22. The average molecular weight is 295 g/mol. The number of rotatable bonds is 4. The van der Waals surface area contributed by atoms with Gasteiger partial charge in [-0.15, -0.1) is 0 Å². The minimum Gasteiger partial charge on any atom is -0.497 e. The molecule has 6 heteroatoms. The van der Waals surface area contributed by atoms with E-state index in [2.05, 4.69) is 10.1 Å². The molecule has 0 saturated heterocycles. The molecule has 0 aliphatic carbocycles. The van der Waals surface area contributed by atoms with E-state index in [-0.39, 0.29) is 5.56 Å². The van der Waals surface area contributed by atoms with Crippen molar-refractivity contribution in [2.24, 2.45) is 0 Å². The highest BCUT2D eigenvalue weighted by Crippen LogP contribution is 2.23. The van der Waals surface area contributed by atoms with Gasteiger partial charge in [0.25, 0.3) is 0 Å². The smallest absolute Gasteiger partial charge is 0.338 e. The largest absolute Gasteiger partial charge is 0.497 e. The maximum Gasteiger partial charge on any atom is 0.338 e. The highest BCUT2D eigenvalue weighted by atomic mass is 16.5. The number of pyridine rings is 1. The van der Waals surface area contributed by atoms with Gasteiger partial charge >= 0.3 is 5.97 Å². The normalized spacial score (nSPS) is 10.4. The Morgan fingerprint density at radius 2 is 2.05 bits per heavy atom. The predicted molar refractivity (Wildman–Crippen MR) is 80.3 cm³/mol. The average Bonchev–Trinajstić information content (AvgIpc) is 3.05. The van der Waals surface area contributed by atoms with Crippen LogP contribution in [-0.2, 0) is 0 Å². The summed E-state index contributed by atoms with van der Waals surface area (Å²) < 4.78 is 6.63. The molecule has 0 unspecified atom stereocenters. The first-order valence-electron chi connectivity index (χ1n) is 6.56. The summed E-state index contributed by atoms with van der Waals surface area (Å²) in [7, 11) is 1.62. The molecule has 2 aromatic heterocycles. The van der Waals surface area contributed by atoms with Gasteiger partial charge in [0.2, 0.25) is 0 Å². The zero-order chi connectivity index (χ0) is 15.5. The summed E-state index contributed by atoms with van der Waals surface area (Å²) >= 11 is 0. The van der Waals surface area contributed by atoms with Gasteiger partial charge in [-0.3, -0.25) is 0 Å². The molecule has 1 aromatic carbocycles. The van der Waals surface area contributed by atoms with Crippen LogP contribution in [0, 0.1) is 0 Å². The van der Waals surface area contributed by atoms with Gasteiger partial charge in [0.1, 0.15) is 5.75 Å². The Hall–Kier alpha value is -3.15. The lowest BCUT2D eigenvalue weighted by molar-refractivity contribution is 0.0697. The van der Waals surface area contributed by atoms with E-state index in [1.165, 1.54) is 17.1 Å². The molecule has 3 rings (SSSR count). The van der Waals surface area contributed by atoms with Crippen LogP contribution in [0.5, 0.6) is 5.75 Å². The van der Waals surface area contributed by atoms with E-state index < -0.39 is 5.97 Å². The second-order valence-corrected chi connectivity index (χ2v) is 4.62. The van der Waals surface area contributed by atoms with E-state index in [9.17, 15) is 4.79 Å². The number of carbonyl (C=O) groups is 1. The molecule has 1 N–H and O–H groups in total. The molecule has 0 bridgehead atoms. The minimum atomic E-state index is -1.01. The molecular formula is C16H13N3O3. The van der Waals surface area contributed by atoms with E-state index in [4.69, 9.17) is 9.84 Å². The van der Waals surface area contributed by atoms with Crippen LogP contribution in [0.15, 0.2) is 55.0 Å². The molecule has 0 aliphatic heterocycles. The first kappa shape index (κ1) is 13.8. The maximum absolute atomic E-state index is 10.9. The fourth-order valence-corrected chi connectivity index (χ4v) is 2.05. The number of hydrogen-bond donors (Lipinski definition) is 1. The molecule has 0 amide bonds. The zero-order valence-electron chi connectivity index (χ0n) is 11.8. The minimum absolute atomic E-state index is 0.124. The first-order chi connectivity index (χ1) is 10.7. The Bertz CT molecular complexity index is 810. The second-order valence-electron chi connectivity index (χ2n) is 4.62. The van der Waals surface area contributed by atoms with E-state index in [1.54, 1.807) is 19.4 Å². The maximum atomic E-state index is 10.9. The zero-order valence-corrected chi connectivity index (χ0v) is 11.8. The second kappa shape index (κ2) is 5.69. The van der Waals surface area contributed by atoms with Crippen LogP contribution in [0.25, 0.3) is 16.9 Å². The standard InChI is InChI=1S/C16H13N3O3/c1-22-14-4-2-3-11(7-14)12-5-6-15(17-8-12)19-10-13(9-18-19)16(20)21/h2-10H,1H3,(H,20,21). The van der Waals surface area contributed by atoms with Crippen LogP contribution in [0.1, 0.15) is 10.4 Å². The number of nitrogens with zero attached hydrogens (tertiary/aromatic N) is 3. The van der Waals surface area contributed by atoms with Gasteiger partial charge in [-0.1, -0.05) is 12.1 Å². The Balaban J connectivity index is 1.89. The van der Waals surface area contributed by atoms with Gasteiger partial charge in [0, 0.05) is 18.0 Å². The van der Waals surface area contributed by atoms with Gasteiger partial charge < -0.3 is 9.84 Å². The van der Waals surface area contributed by atoms with Crippen molar-refractivity contribution in [3.8, 4) is 22.7 Å². The Kier molecular flexibility index (Phi) is 3.57. The number of methoxy groups -OCH3 is 1. The van der Waals surface area contributed by atoms with Gasteiger partial charge in [-0.25, -0.2) is 14.5 Å². The highest BCUT2D eigenvalue weighted by Gasteiger charge is 2.08. The number of carboxylic acid groups (broad SMARTS) is 1. The number of hydrogen-bond acceptors (Lipinski definition) is 4. The van der Waals surface area contributed by atoms with Crippen LogP contribution >= 0.6 is 0 Å². The fraction of sp³-hybridized carbons (Fsp3) is 0.0625. The molecule has 0 fully saturated rings. The van der Waals surface area contributed by atoms with E-state index in [1.807, 2.05) is 30.3 Å².